The van der Waals surface area contributed by atoms with E-state index in [9.17, 15) is 0 Å². The molecular formula is C30H42N2. The first-order chi connectivity index (χ1) is 15.8. The highest BCUT2D eigenvalue weighted by molar-refractivity contribution is 5.82. The largest absolute Gasteiger partial charge is 0.159 e. The van der Waals surface area contributed by atoms with Crippen LogP contribution in [0, 0.1) is 5.92 Å². The van der Waals surface area contributed by atoms with Gasteiger partial charge >= 0.3 is 0 Å². The second-order valence-electron chi connectivity index (χ2n) is 9.57. The summed E-state index contributed by atoms with van der Waals surface area (Å²) in [6.45, 7) is 4.50. The summed E-state index contributed by atoms with van der Waals surface area (Å²) in [5.41, 5.74) is 5.09. The fraction of sp³-hybridized carbons (Fsp3) is 0.533. The highest BCUT2D eigenvalue weighted by Gasteiger charge is 2.21. The van der Waals surface area contributed by atoms with Gasteiger partial charge in [-0.1, -0.05) is 107 Å². The Balaban J connectivity index is 1.40. The van der Waals surface area contributed by atoms with Gasteiger partial charge in [0.2, 0.25) is 0 Å². The molecule has 0 heterocycles. The Labute approximate surface area is 196 Å². The Morgan fingerprint density at radius 2 is 1.28 bits per heavy atom. The molecule has 1 aliphatic carbocycles. The summed E-state index contributed by atoms with van der Waals surface area (Å²) in [5.74, 6) is 1.71. The third-order valence-corrected chi connectivity index (χ3v) is 6.97. The number of benzene rings is 2. The van der Waals surface area contributed by atoms with Gasteiger partial charge in [-0.2, -0.15) is 10.2 Å². The fourth-order valence-electron chi connectivity index (χ4n) is 4.93. The highest BCUT2D eigenvalue weighted by Crippen LogP contribution is 2.37. The van der Waals surface area contributed by atoms with Gasteiger partial charge in [-0.05, 0) is 66.2 Å². The molecule has 3 rings (SSSR count). The molecule has 0 unspecified atom stereocenters. The number of rotatable bonds is 12. The second-order valence-corrected chi connectivity index (χ2v) is 9.57. The predicted molar refractivity (Wildman–Crippen MR) is 140 cm³/mol. The van der Waals surface area contributed by atoms with E-state index in [1.54, 1.807) is 0 Å². The molecule has 0 amide bonds. The molecule has 172 valence electrons. The van der Waals surface area contributed by atoms with E-state index in [0.717, 1.165) is 29.4 Å². The van der Waals surface area contributed by atoms with Crippen LogP contribution in [0.4, 0.5) is 0 Å². The van der Waals surface area contributed by atoms with Crippen LogP contribution in [0.3, 0.4) is 0 Å². The third-order valence-electron chi connectivity index (χ3n) is 6.97. The van der Waals surface area contributed by atoms with Gasteiger partial charge in [-0.15, -0.1) is 0 Å². The standard InChI is InChI=1S/C30H42N2/c1-3-5-6-7-8-10-26-15-19-29(20-16-26)30-21-17-28(18-22-30)24-32-31-23-27-13-11-25(9-4-2)12-14-27/h11-14,17-18,21-24,26,29H,3-10,15-16,19-20H2,1-2H3/b31-23+,32-24+. The molecule has 0 spiro atoms. The molecular weight excluding hydrogens is 388 g/mol. The van der Waals surface area contributed by atoms with Gasteiger partial charge < -0.3 is 0 Å². The molecule has 2 nitrogen and oxygen atoms in total. The van der Waals surface area contributed by atoms with Crippen molar-refractivity contribution >= 4 is 12.4 Å². The van der Waals surface area contributed by atoms with Gasteiger partial charge in [0.1, 0.15) is 0 Å². The SMILES string of the molecule is CCCCCCCC1CCC(c2ccc(/C=N/N=C/c3ccc(CCC)cc3)cc2)CC1. The molecule has 0 saturated heterocycles. The number of unbranched alkanes of at least 4 members (excludes halogenated alkanes) is 4. The summed E-state index contributed by atoms with van der Waals surface area (Å²) in [6, 6.07) is 17.5. The lowest BCUT2D eigenvalue weighted by molar-refractivity contribution is 0.302. The van der Waals surface area contributed by atoms with E-state index in [0.29, 0.717) is 0 Å². The molecule has 0 N–H and O–H groups in total. The lowest BCUT2D eigenvalue weighted by Gasteiger charge is -2.29. The Bertz CT molecular complexity index is 809. The summed E-state index contributed by atoms with van der Waals surface area (Å²) in [5, 5.41) is 8.46. The van der Waals surface area contributed by atoms with Crippen molar-refractivity contribution in [2.45, 2.75) is 96.8 Å². The Morgan fingerprint density at radius 1 is 0.688 bits per heavy atom. The topological polar surface area (TPSA) is 24.7 Å². The van der Waals surface area contributed by atoms with Crippen LogP contribution < -0.4 is 0 Å². The molecule has 1 fully saturated rings. The average molecular weight is 431 g/mol. The first-order valence-electron chi connectivity index (χ1n) is 13.0. The van der Waals surface area contributed by atoms with E-state index in [2.05, 4.69) is 72.6 Å². The molecule has 2 aromatic carbocycles. The monoisotopic (exact) mass is 430 g/mol. The summed E-state index contributed by atoms with van der Waals surface area (Å²) in [7, 11) is 0. The van der Waals surface area contributed by atoms with Crippen molar-refractivity contribution < 1.29 is 0 Å². The Hall–Kier alpha value is -2.22. The van der Waals surface area contributed by atoms with Crippen LogP contribution in [-0.4, -0.2) is 12.4 Å². The van der Waals surface area contributed by atoms with Crippen molar-refractivity contribution in [3.8, 4) is 0 Å². The smallest absolute Gasteiger partial charge is 0.0568 e. The van der Waals surface area contributed by atoms with Gasteiger partial charge in [0.25, 0.3) is 0 Å². The zero-order chi connectivity index (χ0) is 22.4. The molecule has 0 atom stereocenters. The average Bonchev–Trinajstić information content (AvgIpc) is 2.84. The highest BCUT2D eigenvalue weighted by atomic mass is 15.2. The molecule has 0 aliphatic heterocycles. The lowest BCUT2D eigenvalue weighted by Crippen LogP contribution is -2.13. The molecule has 32 heavy (non-hydrogen) atoms. The van der Waals surface area contributed by atoms with Crippen molar-refractivity contribution in [1.29, 1.82) is 0 Å². The van der Waals surface area contributed by atoms with E-state index < -0.39 is 0 Å². The predicted octanol–water partition coefficient (Wildman–Crippen LogP) is 8.73. The van der Waals surface area contributed by atoms with Crippen molar-refractivity contribution in [2.24, 2.45) is 16.1 Å². The first-order valence-corrected chi connectivity index (χ1v) is 13.0. The minimum Gasteiger partial charge on any atom is -0.159 e. The Morgan fingerprint density at radius 3 is 1.88 bits per heavy atom. The first kappa shape index (κ1) is 24.4. The summed E-state index contributed by atoms with van der Waals surface area (Å²) >= 11 is 0. The molecule has 0 radical (unpaired) electrons. The van der Waals surface area contributed by atoms with Crippen LogP contribution in [-0.2, 0) is 6.42 Å². The lowest BCUT2D eigenvalue weighted by atomic mass is 9.77. The summed E-state index contributed by atoms with van der Waals surface area (Å²) < 4.78 is 0. The maximum atomic E-state index is 4.24. The van der Waals surface area contributed by atoms with E-state index in [1.807, 2.05) is 12.4 Å². The van der Waals surface area contributed by atoms with Crippen molar-refractivity contribution in [3.05, 3.63) is 70.8 Å². The van der Waals surface area contributed by atoms with Gasteiger partial charge in [0.15, 0.2) is 0 Å². The van der Waals surface area contributed by atoms with Gasteiger partial charge in [-0.3, -0.25) is 0 Å². The zero-order valence-corrected chi connectivity index (χ0v) is 20.3. The van der Waals surface area contributed by atoms with Crippen LogP contribution in [0.15, 0.2) is 58.7 Å². The quantitative estimate of drug-likeness (QED) is 0.183. The van der Waals surface area contributed by atoms with E-state index >= 15 is 0 Å². The van der Waals surface area contributed by atoms with E-state index in [-0.39, 0.29) is 0 Å². The van der Waals surface area contributed by atoms with Crippen molar-refractivity contribution in [2.75, 3.05) is 0 Å². The van der Waals surface area contributed by atoms with Crippen molar-refractivity contribution in [1.82, 2.24) is 0 Å². The van der Waals surface area contributed by atoms with Crippen LogP contribution in [0.1, 0.15) is 113 Å². The minimum absolute atomic E-state index is 0.742. The molecule has 1 saturated carbocycles. The molecule has 2 aromatic rings. The van der Waals surface area contributed by atoms with E-state index in [1.165, 1.54) is 81.8 Å². The van der Waals surface area contributed by atoms with Crippen LogP contribution >= 0.6 is 0 Å². The van der Waals surface area contributed by atoms with Crippen molar-refractivity contribution in [3.63, 3.8) is 0 Å². The summed E-state index contributed by atoms with van der Waals surface area (Å²) in [4.78, 5) is 0. The molecule has 0 aromatic heterocycles. The molecule has 0 bridgehead atoms. The number of hydrogen-bond donors (Lipinski definition) is 0. The molecule has 1 aliphatic rings. The minimum atomic E-state index is 0.742. The maximum Gasteiger partial charge on any atom is 0.0568 e. The maximum absolute atomic E-state index is 4.24. The normalized spacial score (nSPS) is 19.2. The molecule has 2 heteroatoms. The number of hydrogen-bond acceptors (Lipinski definition) is 2. The number of aryl methyl sites for hydroxylation is 1. The Kier molecular flexibility index (Phi) is 10.7. The third kappa shape index (κ3) is 8.37. The van der Waals surface area contributed by atoms with Crippen LogP contribution in [0.5, 0.6) is 0 Å². The van der Waals surface area contributed by atoms with Gasteiger partial charge in [0.05, 0.1) is 12.4 Å². The number of nitrogens with zero attached hydrogens (tertiary/aromatic N) is 2. The zero-order valence-electron chi connectivity index (χ0n) is 20.3. The van der Waals surface area contributed by atoms with Crippen LogP contribution in [0.25, 0.3) is 0 Å². The van der Waals surface area contributed by atoms with E-state index in [4.69, 9.17) is 0 Å². The van der Waals surface area contributed by atoms with Gasteiger partial charge in [0, 0.05) is 0 Å². The fourth-order valence-corrected chi connectivity index (χ4v) is 4.93. The van der Waals surface area contributed by atoms with Gasteiger partial charge in [-0.25, -0.2) is 0 Å². The second kappa shape index (κ2) is 14.0. The van der Waals surface area contributed by atoms with Crippen LogP contribution in [0.2, 0.25) is 0 Å². The summed E-state index contributed by atoms with van der Waals surface area (Å²) in [6.07, 6.45) is 20.0.